The third-order valence-corrected chi connectivity index (χ3v) is 6.93. The zero-order chi connectivity index (χ0) is 27.5. The van der Waals surface area contributed by atoms with E-state index in [1.54, 1.807) is 43.5 Å². The third-order valence-electron chi connectivity index (χ3n) is 6.93. The zero-order valence-electron chi connectivity index (χ0n) is 21.3. The lowest BCUT2D eigenvalue weighted by molar-refractivity contribution is 0.0697. The van der Waals surface area contributed by atoms with Gasteiger partial charge in [-0.05, 0) is 66.6 Å². The van der Waals surface area contributed by atoms with Gasteiger partial charge >= 0.3 is 12.0 Å². The van der Waals surface area contributed by atoms with Crippen LogP contribution in [0.4, 0.5) is 21.9 Å². The van der Waals surface area contributed by atoms with Crippen molar-refractivity contribution in [2.45, 2.75) is 38.6 Å². The molecule has 10 heteroatoms. The summed E-state index contributed by atoms with van der Waals surface area (Å²) in [7, 11) is 0. The van der Waals surface area contributed by atoms with Crippen LogP contribution in [0.2, 0.25) is 0 Å². The molecule has 198 valence electrons. The van der Waals surface area contributed by atoms with Gasteiger partial charge < -0.3 is 21.5 Å². The fourth-order valence-electron chi connectivity index (χ4n) is 4.58. The highest BCUT2D eigenvalue weighted by Crippen LogP contribution is 2.41. The molecule has 2 aromatic heterocycles. The van der Waals surface area contributed by atoms with Gasteiger partial charge in [0.2, 0.25) is 0 Å². The molecule has 1 saturated carbocycles. The molecular weight excluding hydrogens is 496 g/mol. The van der Waals surface area contributed by atoms with Crippen LogP contribution < -0.4 is 21.9 Å². The van der Waals surface area contributed by atoms with Crippen molar-refractivity contribution in [3.05, 3.63) is 88.5 Å². The molecule has 39 heavy (non-hydrogen) atoms. The summed E-state index contributed by atoms with van der Waals surface area (Å²) in [6, 6.07) is 15.0. The van der Waals surface area contributed by atoms with Gasteiger partial charge in [-0.15, -0.1) is 0 Å². The van der Waals surface area contributed by atoms with Gasteiger partial charge in [-0.3, -0.25) is 9.78 Å². The molecule has 0 aliphatic heterocycles. The normalized spacial score (nSPS) is 12.9. The minimum absolute atomic E-state index is 0.0772. The number of carboxylic acid groups (broad SMARTS) is 1. The molecule has 5 N–H and O–H groups in total. The number of nitrogen functional groups attached to an aromatic ring is 1. The molecule has 0 unspecified atom stereocenters. The number of aryl methyl sites for hydroxylation is 1. The number of anilines is 3. The van der Waals surface area contributed by atoms with E-state index in [0.29, 0.717) is 29.5 Å². The predicted octanol–water partition coefficient (Wildman–Crippen LogP) is 5.18. The first-order valence-corrected chi connectivity index (χ1v) is 12.7. The van der Waals surface area contributed by atoms with Crippen molar-refractivity contribution in [1.82, 2.24) is 14.8 Å². The number of carboxylic acids is 1. The van der Waals surface area contributed by atoms with E-state index in [0.717, 1.165) is 41.5 Å². The van der Waals surface area contributed by atoms with Gasteiger partial charge in [0.15, 0.2) is 0 Å². The fourth-order valence-corrected chi connectivity index (χ4v) is 4.58. The maximum Gasteiger partial charge on any atom is 0.335 e. The lowest BCUT2D eigenvalue weighted by Gasteiger charge is -2.28. The summed E-state index contributed by atoms with van der Waals surface area (Å²) in [6.45, 7) is 2.10. The van der Waals surface area contributed by atoms with Crippen LogP contribution in [0.1, 0.15) is 48.0 Å². The van der Waals surface area contributed by atoms with E-state index in [2.05, 4.69) is 20.7 Å². The molecule has 0 radical (unpaired) electrons. The molecule has 0 saturated heterocycles. The van der Waals surface area contributed by atoms with Crippen molar-refractivity contribution in [3.63, 3.8) is 0 Å². The first kappa shape index (κ1) is 25.7. The molecular formula is C29H28N6O4. The Labute approximate surface area is 224 Å². The summed E-state index contributed by atoms with van der Waals surface area (Å²) >= 11 is 0. The fraction of sp³-hybridized carbons (Fsp3) is 0.207. The first-order valence-electron chi connectivity index (χ1n) is 12.7. The summed E-state index contributed by atoms with van der Waals surface area (Å²) in [4.78, 5) is 41.4. The van der Waals surface area contributed by atoms with Crippen LogP contribution >= 0.6 is 0 Å². The van der Waals surface area contributed by atoms with Crippen LogP contribution in [0.3, 0.4) is 0 Å². The van der Waals surface area contributed by atoms with Crippen molar-refractivity contribution >= 4 is 29.1 Å². The molecule has 2 aromatic carbocycles. The highest BCUT2D eigenvalue weighted by atomic mass is 16.4. The number of pyridine rings is 1. The Hall–Kier alpha value is -4.99. The van der Waals surface area contributed by atoms with Crippen LogP contribution in [-0.2, 0) is 6.54 Å². The topological polar surface area (TPSA) is 152 Å². The number of carbonyl (C=O) groups excluding carboxylic acids is 1. The summed E-state index contributed by atoms with van der Waals surface area (Å²) in [5, 5.41) is 19.1. The van der Waals surface area contributed by atoms with Gasteiger partial charge in [0.25, 0.3) is 5.56 Å². The molecule has 1 fully saturated rings. The van der Waals surface area contributed by atoms with E-state index in [1.165, 1.54) is 10.9 Å². The first-order chi connectivity index (χ1) is 18.8. The van der Waals surface area contributed by atoms with E-state index in [9.17, 15) is 14.4 Å². The smallest absolute Gasteiger partial charge is 0.335 e. The van der Waals surface area contributed by atoms with Crippen LogP contribution in [0.25, 0.3) is 22.4 Å². The number of aromatic carboxylic acids is 1. The van der Waals surface area contributed by atoms with Gasteiger partial charge in [0.1, 0.15) is 5.69 Å². The van der Waals surface area contributed by atoms with Crippen molar-refractivity contribution in [2.75, 3.05) is 16.4 Å². The Kier molecular flexibility index (Phi) is 7.09. The van der Waals surface area contributed by atoms with Crippen LogP contribution in [-0.4, -0.2) is 31.9 Å². The molecule has 1 aliphatic rings. The number of carbonyl (C=O) groups is 2. The maximum atomic E-state index is 13.0. The largest absolute Gasteiger partial charge is 0.478 e. The number of rotatable bonds is 7. The third kappa shape index (κ3) is 5.35. The molecule has 4 aromatic rings. The molecule has 2 heterocycles. The van der Waals surface area contributed by atoms with Crippen LogP contribution in [0.5, 0.6) is 0 Å². The summed E-state index contributed by atoms with van der Waals surface area (Å²) in [5.41, 5.74) is 10.7. The number of aromatic nitrogens is 3. The monoisotopic (exact) mass is 524 g/mol. The van der Waals surface area contributed by atoms with Gasteiger partial charge in [-0.25, -0.2) is 14.3 Å². The average Bonchev–Trinajstić information content (AvgIpc) is 2.91. The van der Waals surface area contributed by atoms with Crippen molar-refractivity contribution < 1.29 is 14.7 Å². The van der Waals surface area contributed by atoms with Crippen LogP contribution in [0.15, 0.2) is 71.8 Å². The lowest BCUT2D eigenvalue weighted by Crippen LogP contribution is -2.30. The Morgan fingerprint density at radius 1 is 1.03 bits per heavy atom. The van der Waals surface area contributed by atoms with Gasteiger partial charge in [-0.2, -0.15) is 5.10 Å². The molecule has 2 amide bonds. The van der Waals surface area contributed by atoms with E-state index < -0.39 is 17.6 Å². The molecule has 10 nitrogen and oxygen atoms in total. The highest BCUT2D eigenvalue weighted by Gasteiger charge is 2.25. The van der Waals surface area contributed by atoms with Gasteiger partial charge in [-0.1, -0.05) is 36.8 Å². The minimum atomic E-state index is -0.990. The predicted molar refractivity (Wildman–Crippen MR) is 150 cm³/mol. The number of benzene rings is 2. The number of hydrogen-bond acceptors (Lipinski definition) is 6. The van der Waals surface area contributed by atoms with E-state index in [1.807, 2.05) is 24.3 Å². The number of nitrogens with two attached hydrogens (primary N) is 1. The minimum Gasteiger partial charge on any atom is -0.478 e. The van der Waals surface area contributed by atoms with E-state index in [4.69, 9.17) is 10.8 Å². The Morgan fingerprint density at radius 2 is 1.77 bits per heavy atom. The number of nitrogens with zero attached hydrogens (tertiary/aromatic N) is 3. The quantitative estimate of drug-likeness (QED) is 0.260. The van der Waals surface area contributed by atoms with Crippen molar-refractivity contribution in [3.8, 4) is 22.4 Å². The molecule has 1 aliphatic carbocycles. The Balaban J connectivity index is 1.43. The number of nitrogens with one attached hydrogen (secondary N) is 2. The standard InChI is InChI=1S/C29H28N6O4/c1-2-35-27(36)25(32-29(39)33-26-22(18-5-3-6-18)15-31-16-23(26)30)14-24(34-35)21-8-4-7-20(13-21)17-9-11-19(12-10-17)28(37)38/h4,7-16,18H,2-3,5-6,30H2,1H3,(H,37,38)(H2,31,32,33,39). The number of amides is 2. The Bertz CT molecular complexity index is 1610. The molecule has 0 spiro atoms. The van der Waals surface area contributed by atoms with Gasteiger partial charge in [0, 0.05) is 18.3 Å². The second-order valence-corrected chi connectivity index (χ2v) is 9.43. The van der Waals surface area contributed by atoms with Crippen LogP contribution in [0, 0.1) is 0 Å². The number of hydrogen-bond donors (Lipinski definition) is 4. The maximum absolute atomic E-state index is 13.0. The molecule has 5 rings (SSSR count). The summed E-state index contributed by atoms with van der Waals surface area (Å²) in [6.07, 6.45) is 6.37. The average molecular weight is 525 g/mol. The van der Waals surface area contributed by atoms with Crippen molar-refractivity contribution in [2.24, 2.45) is 0 Å². The number of urea groups is 1. The zero-order valence-corrected chi connectivity index (χ0v) is 21.3. The summed E-state index contributed by atoms with van der Waals surface area (Å²) < 4.78 is 1.29. The second kappa shape index (κ2) is 10.8. The SMILES string of the molecule is CCn1nc(-c2cccc(-c3ccc(C(=O)O)cc3)c2)cc(NC(=O)Nc2c(N)cncc2C2CCC2)c1=O. The summed E-state index contributed by atoms with van der Waals surface area (Å²) in [5.74, 6) is -0.690. The molecule has 0 atom stereocenters. The van der Waals surface area contributed by atoms with E-state index >= 15 is 0 Å². The van der Waals surface area contributed by atoms with Gasteiger partial charge in [0.05, 0.1) is 28.8 Å². The Morgan fingerprint density at radius 3 is 2.44 bits per heavy atom. The van der Waals surface area contributed by atoms with E-state index in [-0.39, 0.29) is 11.3 Å². The van der Waals surface area contributed by atoms with Crippen molar-refractivity contribution in [1.29, 1.82) is 0 Å². The lowest BCUT2D eigenvalue weighted by atomic mass is 9.80. The molecule has 0 bridgehead atoms. The highest BCUT2D eigenvalue weighted by molar-refractivity contribution is 6.02. The second-order valence-electron chi connectivity index (χ2n) is 9.43.